The summed E-state index contributed by atoms with van der Waals surface area (Å²) in [5, 5.41) is 48.2. The summed E-state index contributed by atoms with van der Waals surface area (Å²) in [7, 11) is 0. The molecule has 0 rings (SSSR count). The first-order valence-corrected chi connectivity index (χ1v) is 4.32. The first-order valence-electron chi connectivity index (χ1n) is 4.32. The molecule has 0 aromatic rings. The maximum Gasteiger partial charge on any atom is 0.332 e. The maximum atomic E-state index is 10.2. The molecule has 0 fully saturated rings. The van der Waals surface area contributed by atoms with Crippen LogP contribution >= 0.6 is 0 Å². The Morgan fingerprint density at radius 2 is 1.88 bits per heavy atom. The van der Waals surface area contributed by atoms with E-state index < -0.39 is 37.1 Å². The molecule has 8 N–H and O–H groups in total. The van der Waals surface area contributed by atoms with Gasteiger partial charge in [0.2, 0.25) is 0 Å². The van der Waals surface area contributed by atoms with Crippen LogP contribution < -0.4 is 11.2 Å². The summed E-state index contributed by atoms with van der Waals surface area (Å²) in [5.74, 6) is 0. The van der Waals surface area contributed by atoms with Crippen LogP contribution in [0.2, 0.25) is 0 Å². The van der Waals surface area contributed by atoms with Gasteiger partial charge in [0.05, 0.1) is 12.8 Å². The van der Waals surface area contributed by atoms with Gasteiger partial charge in [0, 0.05) is 0 Å². The van der Waals surface area contributed by atoms with Crippen molar-refractivity contribution in [1.29, 1.82) is 0 Å². The van der Waals surface area contributed by atoms with Crippen molar-refractivity contribution in [2.45, 2.75) is 24.4 Å². The molecular formula is C7H15N3O6. The molecule has 0 heterocycles. The van der Waals surface area contributed by atoms with E-state index in [9.17, 15) is 20.1 Å². The van der Waals surface area contributed by atoms with Crippen molar-refractivity contribution >= 4 is 12.2 Å². The normalized spacial score (nSPS) is 19.1. The van der Waals surface area contributed by atoms with Gasteiger partial charge in [-0.05, 0) is 0 Å². The van der Waals surface area contributed by atoms with Crippen LogP contribution in [0.15, 0.2) is 5.10 Å². The van der Waals surface area contributed by atoms with Crippen molar-refractivity contribution in [1.82, 2.24) is 5.43 Å². The highest BCUT2D eigenvalue weighted by Crippen LogP contribution is 2.03. The molecule has 0 radical (unpaired) electrons. The molecular weight excluding hydrogens is 222 g/mol. The number of primary amides is 1. The highest BCUT2D eigenvalue weighted by molar-refractivity contribution is 5.73. The molecule has 0 aliphatic carbocycles. The zero-order valence-electron chi connectivity index (χ0n) is 8.26. The molecule has 9 nitrogen and oxygen atoms in total. The number of amides is 2. The summed E-state index contributed by atoms with van der Waals surface area (Å²) in [6.45, 7) is -0.776. The van der Waals surface area contributed by atoms with Gasteiger partial charge in [-0.25, -0.2) is 10.2 Å². The molecule has 4 unspecified atom stereocenters. The molecule has 0 aliphatic heterocycles. The number of nitrogens with two attached hydrogens (primary N) is 1. The van der Waals surface area contributed by atoms with Gasteiger partial charge in [-0.15, -0.1) is 0 Å². The summed E-state index contributed by atoms with van der Waals surface area (Å²) in [6.07, 6.45) is -6.03. The Morgan fingerprint density at radius 3 is 2.31 bits per heavy atom. The lowest BCUT2D eigenvalue weighted by Crippen LogP contribution is -2.46. The Labute approximate surface area is 90.8 Å². The van der Waals surface area contributed by atoms with Gasteiger partial charge >= 0.3 is 6.03 Å². The molecule has 0 saturated heterocycles. The smallest absolute Gasteiger partial charge is 0.332 e. The first-order chi connectivity index (χ1) is 7.40. The molecule has 0 bridgehead atoms. The van der Waals surface area contributed by atoms with Crippen molar-refractivity contribution < 1.29 is 30.3 Å². The average Bonchev–Trinajstić information content (AvgIpc) is 2.25. The molecule has 2 amide bonds. The van der Waals surface area contributed by atoms with E-state index in [4.69, 9.17) is 10.2 Å². The minimum atomic E-state index is -1.76. The lowest BCUT2D eigenvalue weighted by atomic mass is 10.0. The Balaban J connectivity index is 4.21. The number of hydrogen-bond acceptors (Lipinski definition) is 7. The van der Waals surface area contributed by atoms with Crippen LogP contribution in [-0.2, 0) is 0 Å². The van der Waals surface area contributed by atoms with Gasteiger partial charge in [0.1, 0.15) is 24.4 Å². The monoisotopic (exact) mass is 237 g/mol. The van der Waals surface area contributed by atoms with Crippen LogP contribution in [0.25, 0.3) is 0 Å². The van der Waals surface area contributed by atoms with Crippen molar-refractivity contribution in [2.75, 3.05) is 6.61 Å². The molecule has 9 heteroatoms. The second kappa shape index (κ2) is 7.09. The zero-order chi connectivity index (χ0) is 12.7. The van der Waals surface area contributed by atoms with Crippen molar-refractivity contribution in [3.8, 4) is 0 Å². The van der Waals surface area contributed by atoms with E-state index >= 15 is 0 Å². The minimum Gasteiger partial charge on any atom is -0.394 e. The molecule has 0 aromatic heterocycles. The summed E-state index contributed by atoms with van der Waals surface area (Å²) in [5.41, 5.74) is 6.41. The Morgan fingerprint density at radius 1 is 1.31 bits per heavy atom. The molecule has 0 saturated carbocycles. The third-order valence-corrected chi connectivity index (χ3v) is 1.68. The SMILES string of the molecule is NC(=O)NN=CC(O)C(O)C(O)C(O)CO. The Hall–Kier alpha value is -1.26. The predicted octanol–water partition coefficient (Wildman–Crippen LogP) is -3.92. The fourth-order valence-electron chi connectivity index (χ4n) is 0.803. The second-order valence-electron chi connectivity index (χ2n) is 2.98. The van der Waals surface area contributed by atoms with E-state index in [2.05, 4.69) is 10.8 Å². The largest absolute Gasteiger partial charge is 0.394 e. The van der Waals surface area contributed by atoms with Crippen LogP contribution in [-0.4, -0.2) is 68.8 Å². The quantitative estimate of drug-likeness (QED) is 0.184. The molecule has 0 aromatic carbocycles. The predicted molar refractivity (Wildman–Crippen MR) is 52.3 cm³/mol. The Kier molecular flexibility index (Phi) is 6.53. The van der Waals surface area contributed by atoms with Crippen molar-refractivity contribution in [3.05, 3.63) is 0 Å². The number of aliphatic hydroxyl groups is 5. The van der Waals surface area contributed by atoms with Gasteiger partial charge in [-0.2, -0.15) is 5.10 Å². The number of nitrogens with zero attached hydrogens (tertiary/aromatic N) is 1. The zero-order valence-corrected chi connectivity index (χ0v) is 8.26. The number of rotatable bonds is 6. The highest BCUT2D eigenvalue weighted by atomic mass is 16.4. The van der Waals surface area contributed by atoms with Crippen LogP contribution in [0.4, 0.5) is 4.79 Å². The van der Waals surface area contributed by atoms with E-state index in [1.54, 1.807) is 5.43 Å². The van der Waals surface area contributed by atoms with Crippen LogP contribution in [0.1, 0.15) is 0 Å². The third-order valence-electron chi connectivity index (χ3n) is 1.68. The second-order valence-corrected chi connectivity index (χ2v) is 2.98. The highest BCUT2D eigenvalue weighted by Gasteiger charge is 2.29. The molecule has 0 spiro atoms. The van der Waals surface area contributed by atoms with Crippen LogP contribution in [0.3, 0.4) is 0 Å². The van der Waals surface area contributed by atoms with Gasteiger partial charge in [0.25, 0.3) is 0 Å². The van der Waals surface area contributed by atoms with E-state index in [1.807, 2.05) is 0 Å². The summed E-state index contributed by atoms with van der Waals surface area (Å²) >= 11 is 0. The van der Waals surface area contributed by atoms with E-state index in [0.717, 1.165) is 0 Å². The summed E-state index contributed by atoms with van der Waals surface area (Å²) in [6, 6.07) is -0.964. The molecule has 4 atom stereocenters. The lowest BCUT2D eigenvalue weighted by molar-refractivity contribution is -0.0999. The topological polar surface area (TPSA) is 169 Å². The standard InChI is InChI=1S/C7H15N3O6/c8-7(16)10-9-1-3(12)5(14)6(15)4(13)2-11/h1,3-6,11-15H,2H2,(H3,8,10,16). The van der Waals surface area contributed by atoms with Gasteiger partial charge in [-0.3, -0.25) is 0 Å². The molecule has 16 heavy (non-hydrogen) atoms. The van der Waals surface area contributed by atoms with E-state index in [0.29, 0.717) is 6.21 Å². The Bertz CT molecular complexity index is 248. The number of carbonyl (C=O) groups excluding carboxylic acids is 1. The third kappa shape index (κ3) is 5.00. The number of aliphatic hydroxyl groups excluding tert-OH is 5. The lowest BCUT2D eigenvalue weighted by Gasteiger charge is -2.23. The van der Waals surface area contributed by atoms with Gasteiger partial charge in [-0.1, -0.05) is 0 Å². The minimum absolute atomic E-state index is 0.711. The van der Waals surface area contributed by atoms with E-state index in [1.165, 1.54) is 0 Å². The molecule has 94 valence electrons. The number of urea groups is 1. The van der Waals surface area contributed by atoms with Crippen molar-refractivity contribution in [3.63, 3.8) is 0 Å². The number of hydrazone groups is 1. The van der Waals surface area contributed by atoms with E-state index in [-0.39, 0.29) is 0 Å². The number of hydrogen-bond donors (Lipinski definition) is 7. The van der Waals surface area contributed by atoms with Gasteiger partial charge in [0.15, 0.2) is 0 Å². The average molecular weight is 237 g/mol. The van der Waals surface area contributed by atoms with Crippen molar-refractivity contribution in [2.24, 2.45) is 10.8 Å². The van der Waals surface area contributed by atoms with Gasteiger partial charge < -0.3 is 31.3 Å². The number of nitrogens with one attached hydrogen (secondary N) is 1. The summed E-state index contributed by atoms with van der Waals surface area (Å²) < 4.78 is 0. The maximum absolute atomic E-state index is 10.2. The summed E-state index contributed by atoms with van der Waals surface area (Å²) in [4.78, 5) is 10.2. The van der Waals surface area contributed by atoms with Crippen LogP contribution in [0.5, 0.6) is 0 Å². The van der Waals surface area contributed by atoms with Crippen LogP contribution in [0, 0.1) is 0 Å². The fraction of sp³-hybridized carbons (Fsp3) is 0.714. The molecule has 0 aliphatic rings. The fourth-order valence-corrected chi connectivity index (χ4v) is 0.803. The number of carbonyl (C=O) groups is 1. The first kappa shape index (κ1) is 14.7.